The van der Waals surface area contributed by atoms with E-state index in [0.717, 1.165) is 19.7 Å². The molecule has 0 aliphatic rings. The van der Waals surface area contributed by atoms with Crippen LogP contribution in [0.1, 0.15) is 36.6 Å². The Morgan fingerprint density at radius 1 is 1.25 bits per heavy atom. The largest absolute Gasteiger partial charge is 0.283 e. The Kier molecular flexibility index (Phi) is 4.07. The van der Waals surface area contributed by atoms with Gasteiger partial charge in [0.1, 0.15) is 0 Å². The lowest BCUT2D eigenvalue weighted by Gasteiger charge is -2.15. The van der Waals surface area contributed by atoms with Gasteiger partial charge in [-0.25, -0.2) is 0 Å². The molecule has 1 aromatic heterocycles. The summed E-state index contributed by atoms with van der Waals surface area (Å²) in [6.45, 7) is 7.60. The van der Waals surface area contributed by atoms with Gasteiger partial charge in [0.2, 0.25) is 0 Å². The maximum Gasteiger partial charge on any atom is 0.283 e. The van der Waals surface area contributed by atoms with Gasteiger partial charge in [-0.1, -0.05) is 29.8 Å². The summed E-state index contributed by atoms with van der Waals surface area (Å²) in [5.41, 5.74) is 2.35. The number of hydrogen-bond acceptors (Lipinski definition) is 3. The molecule has 0 aliphatic carbocycles. The highest BCUT2D eigenvalue weighted by atomic mass is 79.9. The van der Waals surface area contributed by atoms with Crippen molar-refractivity contribution in [3.8, 4) is 0 Å². The molecule has 0 fully saturated rings. The molecule has 4 nitrogen and oxygen atoms in total. The molecule has 0 atom stereocenters. The third kappa shape index (κ3) is 2.67. The van der Waals surface area contributed by atoms with Crippen LogP contribution in [0.4, 0.5) is 0 Å². The summed E-state index contributed by atoms with van der Waals surface area (Å²) in [6.07, 6.45) is 1.48. The van der Waals surface area contributed by atoms with Crippen molar-refractivity contribution in [2.45, 2.75) is 38.5 Å². The second-order valence-electron chi connectivity index (χ2n) is 5.13. The van der Waals surface area contributed by atoms with Crippen LogP contribution >= 0.6 is 15.9 Å². The number of halogens is 1. The molecular weight excluding hydrogens is 340 g/mol. The highest BCUT2D eigenvalue weighted by Gasteiger charge is 2.24. The van der Waals surface area contributed by atoms with Gasteiger partial charge in [0.15, 0.2) is 0 Å². The van der Waals surface area contributed by atoms with Crippen molar-refractivity contribution in [1.82, 2.24) is 9.19 Å². The topological polar surface area (TPSA) is 52.0 Å². The van der Waals surface area contributed by atoms with Gasteiger partial charge in [-0.05, 0) is 49.1 Å². The van der Waals surface area contributed by atoms with Crippen molar-refractivity contribution in [3.63, 3.8) is 0 Å². The lowest BCUT2D eigenvalue weighted by atomic mass is 10.0. The maximum atomic E-state index is 12.7. The summed E-state index contributed by atoms with van der Waals surface area (Å²) < 4.78 is 27.4. The molecule has 0 N–H and O–H groups in total. The van der Waals surface area contributed by atoms with Crippen molar-refractivity contribution in [2.75, 3.05) is 0 Å². The molecule has 20 heavy (non-hydrogen) atoms. The molecule has 108 valence electrons. The number of hydrogen-bond donors (Lipinski definition) is 0. The van der Waals surface area contributed by atoms with Gasteiger partial charge in [0, 0.05) is 10.7 Å². The zero-order valence-electron chi connectivity index (χ0n) is 11.9. The van der Waals surface area contributed by atoms with Gasteiger partial charge >= 0.3 is 0 Å². The molecule has 0 saturated carbocycles. The van der Waals surface area contributed by atoms with Crippen LogP contribution in [0.5, 0.6) is 0 Å². The highest BCUT2D eigenvalue weighted by Crippen LogP contribution is 2.30. The molecule has 1 heterocycles. The molecule has 0 radical (unpaired) electrons. The molecule has 0 aliphatic heterocycles. The Morgan fingerprint density at radius 3 is 2.40 bits per heavy atom. The minimum atomic E-state index is -3.65. The molecular formula is C14H17BrN2O2S. The van der Waals surface area contributed by atoms with Crippen LogP contribution in [0.2, 0.25) is 0 Å². The predicted molar refractivity (Wildman–Crippen MR) is 82.5 cm³/mol. The molecule has 6 heteroatoms. The first kappa shape index (κ1) is 15.3. The van der Waals surface area contributed by atoms with Crippen LogP contribution in [0.15, 0.2) is 33.8 Å². The van der Waals surface area contributed by atoms with E-state index in [9.17, 15) is 8.42 Å². The highest BCUT2D eigenvalue weighted by molar-refractivity contribution is 9.10. The monoisotopic (exact) mass is 356 g/mol. The first-order valence-electron chi connectivity index (χ1n) is 6.31. The van der Waals surface area contributed by atoms with Gasteiger partial charge in [-0.15, -0.1) is 0 Å². The fraction of sp³-hybridized carbons (Fsp3) is 0.357. The number of rotatable bonds is 3. The number of aromatic nitrogens is 2. The van der Waals surface area contributed by atoms with Crippen LogP contribution in [-0.2, 0) is 10.0 Å². The van der Waals surface area contributed by atoms with Gasteiger partial charge in [0.25, 0.3) is 10.0 Å². The Bertz CT molecular complexity index is 749. The lowest BCUT2D eigenvalue weighted by Crippen LogP contribution is -2.16. The van der Waals surface area contributed by atoms with E-state index in [2.05, 4.69) is 21.0 Å². The van der Waals surface area contributed by atoms with Crippen molar-refractivity contribution in [3.05, 3.63) is 45.7 Å². The smallest absolute Gasteiger partial charge is 0.199 e. The molecule has 2 aromatic rings. The number of nitrogens with zero attached hydrogens (tertiary/aromatic N) is 2. The fourth-order valence-electron chi connectivity index (χ4n) is 1.97. The number of aryl methyl sites for hydroxylation is 2. The van der Waals surface area contributed by atoms with Crippen molar-refractivity contribution >= 4 is 26.0 Å². The second kappa shape index (κ2) is 5.33. The van der Waals surface area contributed by atoms with Crippen LogP contribution < -0.4 is 0 Å². The Hall–Kier alpha value is -1.14. The zero-order chi connectivity index (χ0) is 15.1. The van der Waals surface area contributed by atoms with E-state index in [-0.39, 0.29) is 5.92 Å². The summed E-state index contributed by atoms with van der Waals surface area (Å²) in [4.78, 5) is 0.316. The molecule has 0 unspecified atom stereocenters. The quantitative estimate of drug-likeness (QED) is 0.843. The molecule has 2 rings (SSSR count). The van der Waals surface area contributed by atoms with Gasteiger partial charge in [0.05, 0.1) is 10.6 Å². The van der Waals surface area contributed by atoms with Crippen molar-refractivity contribution < 1.29 is 8.42 Å². The first-order chi connectivity index (χ1) is 9.23. The lowest BCUT2D eigenvalue weighted by molar-refractivity contribution is 0.577. The second-order valence-corrected chi connectivity index (χ2v) is 7.75. The van der Waals surface area contributed by atoms with Crippen molar-refractivity contribution in [2.24, 2.45) is 0 Å². The van der Waals surface area contributed by atoms with E-state index in [1.165, 1.54) is 6.20 Å². The summed E-state index contributed by atoms with van der Waals surface area (Å²) in [5, 5.41) is 4.03. The first-order valence-corrected chi connectivity index (χ1v) is 8.54. The molecule has 0 saturated heterocycles. The standard InChI is InChI=1S/C14H17BrN2O2S/c1-9(2)12-8-13(15)10(3)7-14(12)20(18,19)17-6-5-11(4)16-17/h5-9H,1-4H3. The maximum absolute atomic E-state index is 12.7. The molecule has 1 aromatic carbocycles. The summed E-state index contributed by atoms with van der Waals surface area (Å²) >= 11 is 3.46. The van der Waals surface area contributed by atoms with E-state index in [1.807, 2.05) is 26.8 Å². The van der Waals surface area contributed by atoms with Crippen molar-refractivity contribution in [1.29, 1.82) is 0 Å². The van der Waals surface area contributed by atoms with E-state index in [4.69, 9.17) is 0 Å². The fourth-order valence-corrected chi connectivity index (χ4v) is 3.91. The van der Waals surface area contributed by atoms with E-state index in [0.29, 0.717) is 10.6 Å². The van der Waals surface area contributed by atoms with E-state index in [1.54, 1.807) is 19.1 Å². The molecule has 0 bridgehead atoms. The Morgan fingerprint density at radius 2 is 1.90 bits per heavy atom. The summed E-state index contributed by atoms with van der Waals surface area (Å²) in [7, 11) is -3.65. The van der Waals surface area contributed by atoms with Crippen LogP contribution in [0.3, 0.4) is 0 Å². The molecule has 0 amide bonds. The summed E-state index contributed by atoms with van der Waals surface area (Å²) in [5.74, 6) is 0.105. The van der Waals surface area contributed by atoms with E-state index < -0.39 is 10.0 Å². The van der Waals surface area contributed by atoms with Crippen LogP contribution in [-0.4, -0.2) is 17.6 Å². The normalized spacial score (nSPS) is 12.1. The Labute approximate surface area is 128 Å². The van der Waals surface area contributed by atoms with Crippen LogP contribution in [0, 0.1) is 13.8 Å². The Balaban J connectivity index is 2.71. The summed E-state index contributed by atoms with van der Waals surface area (Å²) in [6, 6.07) is 5.26. The molecule has 0 spiro atoms. The minimum absolute atomic E-state index is 0.105. The van der Waals surface area contributed by atoms with Crippen LogP contribution in [0.25, 0.3) is 0 Å². The average molecular weight is 357 g/mol. The van der Waals surface area contributed by atoms with Gasteiger partial charge < -0.3 is 0 Å². The third-order valence-corrected chi connectivity index (χ3v) is 5.60. The predicted octanol–water partition coefficient (Wildman–Crippen LogP) is 3.62. The van der Waals surface area contributed by atoms with Gasteiger partial charge in [-0.3, -0.25) is 0 Å². The average Bonchev–Trinajstić information content (AvgIpc) is 2.79. The zero-order valence-corrected chi connectivity index (χ0v) is 14.3. The third-order valence-electron chi connectivity index (χ3n) is 3.14. The SMILES string of the molecule is Cc1ccn(S(=O)(=O)c2cc(C)c(Br)cc2C(C)C)n1. The minimum Gasteiger partial charge on any atom is -0.199 e. The van der Waals surface area contributed by atoms with Gasteiger partial charge in [-0.2, -0.15) is 17.6 Å². The van der Waals surface area contributed by atoms with E-state index >= 15 is 0 Å². The number of benzene rings is 1.